The van der Waals surface area contributed by atoms with Gasteiger partial charge in [0.2, 0.25) is 5.16 Å². The van der Waals surface area contributed by atoms with Crippen LogP contribution in [-0.2, 0) is 0 Å². The minimum Gasteiger partial charge on any atom is -0.492 e. The summed E-state index contributed by atoms with van der Waals surface area (Å²) in [5.41, 5.74) is 0.778. The highest BCUT2D eigenvalue weighted by atomic mass is 35.5. The van der Waals surface area contributed by atoms with E-state index in [1.54, 1.807) is 19.2 Å². The van der Waals surface area contributed by atoms with Crippen LogP contribution in [-0.4, -0.2) is 34.0 Å². The lowest BCUT2D eigenvalue weighted by molar-refractivity contribution is 0.304. The number of ether oxygens (including phenoxy) is 1. The van der Waals surface area contributed by atoms with Gasteiger partial charge in [0.15, 0.2) is 0 Å². The van der Waals surface area contributed by atoms with Gasteiger partial charge in [0.1, 0.15) is 11.4 Å². The van der Waals surface area contributed by atoms with Crippen molar-refractivity contribution in [3.8, 4) is 5.75 Å². The molecule has 1 aromatic heterocycles. The first-order valence-corrected chi connectivity index (χ1v) is 11.6. The van der Waals surface area contributed by atoms with Crippen LogP contribution in [0, 0.1) is 6.92 Å². The minimum atomic E-state index is -0.290. The average Bonchev–Trinajstić information content (AvgIpc) is 2.72. The number of aromatic nitrogens is 3. The molecule has 29 heavy (non-hydrogen) atoms. The molecule has 2 aromatic rings. The normalized spacial score (nSPS) is 11.3. The molecule has 0 fully saturated rings. The molecule has 1 heterocycles. The molecule has 0 radical (unpaired) electrons. The van der Waals surface area contributed by atoms with Gasteiger partial charge in [-0.2, -0.15) is 9.78 Å². The lowest BCUT2D eigenvalue weighted by Crippen LogP contribution is -2.23. The fourth-order valence-electron chi connectivity index (χ4n) is 2.75. The third-order valence-corrected chi connectivity index (χ3v) is 5.35. The molecule has 0 spiro atoms. The smallest absolute Gasteiger partial charge is 0.296 e. The summed E-state index contributed by atoms with van der Waals surface area (Å²) in [4.78, 5) is 12.2. The third kappa shape index (κ3) is 7.48. The van der Waals surface area contributed by atoms with Crippen LogP contribution in [0.3, 0.4) is 0 Å². The summed E-state index contributed by atoms with van der Waals surface area (Å²) in [6, 6.07) is 5.47. The molecular weight excluding hydrogens is 408 g/mol. The number of thioether (sulfide) groups is 1. The minimum absolute atomic E-state index is 0.290. The number of unbranched alkanes of at least 4 members (excludes halogenated alkanes) is 6. The lowest BCUT2D eigenvalue weighted by Gasteiger charge is -2.09. The van der Waals surface area contributed by atoms with Gasteiger partial charge >= 0.3 is 0 Å². The quantitative estimate of drug-likeness (QED) is 0.255. The van der Waals surface area contributed by atoms with Gasteiger partial charge < -0.3 is 4.74 Å². The molecule has 0 aliphatic carbocycles. The van der Waals surface area contributed by atoms with E-state index in [9.17, 15) is 4.79 Å². The average molecular weight is 437 g/mol. The van der Waals surface area contributed by atoms with E-state index >= 15 is 0 Å². The number of benzene rings is 1. The zero-order valence-electron chi connectivity index (χ0n) is 17.4. The third-order valence-electron chi connectivity index (χ3n) is 4.43. The van der Waals surface area contributed by atoms with Crippen molar-refractivity contribution < 1.29 is 4.74 Å². The molecular formula is C21H29ClN4O2S. The zero-order chi connectivity index (χ0) is 21.1. The molecule has 0 saturated carbocycles. The van der Waals surface area contributed by atoms with E-state index in [4.69, 9.17) is 16.3 Å². The van der Waals surface area contributed by atoms with Crippen molar-refractivity contribution in [3.05, 3.63) is 44.8 Å². The summed E-state index contributed by atoms with van der Waals surface area (Å²) in [5, 5.41) is 13.0. The zero-order valence-corrected chi connectivity index (χ0v) is 18.9. The van der Waals surface area contributed by atoms with E-state index in [0.29, 0.717) is 28.2 Å². The molecule has 0 amide bonds. The summed E-state index contributed by atoms with van der Waals surface area (Å²) in [6.45, 7) is 4.50. The molecule has 6 nitrogen and oxygen atoms in total. The molecule has 0 N–H and O–H groups in total. The summed E-state index contributed by atoms with van der Waals surface area (Å²) in [6.07, 6.45) is 12.1. The standard InChI is InChI=1S/C21H29ClN4O2S/c1-4-5-6-7-8-9-10-13-28-19-12-11-17(14-18(19)22)15-23-26-20(27)16(2)24-25-21(26)29-3/h11-12,14-15H,4-10,13H2,1-3H3/b23-15-. The van der Waals surface area contributed by atoms with Crippen LogP contribution in [0.2, 0.25) is 5.02 Å². The second kappa shape index (κ2) is 12.6. The van der Waals surface area contributed by atoms with Crippen LogP contribution in [0.4, 0.5) is 0 Å². The van der Waals surface area contributed by atoms with Crippen molar-refractivity contribution in [2.75, 3.05) is 12.9 Å². The molecule has 1 aromatic carbocycles. The van der Waals surface area contributed by atoms with E-state index in [2.05, 4.69) is 22.2 Å². The fraction of sp³-hybridized carbons (Fsp3) is 0.524. The Morgan fingerprint density at radius 3 is 2.59 bits per heavy atom. The number of hydrogen-bond acceptors (Lipinski definition) is 6. The fourth-order valence-corrected chi connectivity index (χ4v) is 3.42. The number of nitrogens with zero attached hydrogens (tertiary/aromatic N) is 4. The number of rotatable bonds is 12. The highest BCUT2D eigenvalue weighted by Gasteiger charge is 2.08. The number of hydrogen-bond donors (Lipinski definition) is 0. The number of aryl methyl sites for hydroxylation is 1. The maximum atomic E-state index is 12.2. The maximum absolute atomic E-state index is 12.2. The predicted octanol–water partition coefficient (Wildman–Crippen LogP) is 5.33. The Kier molecular flexibility index (Phi) is 10.2. The molecule has 0 atom stereocenters. The van der Waals surface area contributed by atoms with Crippen LogP contribution in [0.1, 0.15) is 63.1 Å². The summed E-state index contributed by atoms with van der Waals surface area (Å²) in [5.74, 6) is 0.665. The Bertz CT molecular complexity index is 870. The molecule has 0 unspecified atom stereocenters. The first kappa shape index (κ1) is 23.4. The van der Waals surface area contributed by atoms with Gasteiger partial charge in [-0.15, -0.1) is 10.2 Å². The van der Waals surface area contributed by atoms with Crippen molar-refractivity contribution in [1.82, 2.24) is 14.9 Å². The van der Waals surface area contributed by atoms with Gasteiger partial charge in [0.05, 0.1) is 17.8 Å². The van der Waals surface area contributed by atoms with Gasteiger partial charge in [-0.25, -0.2) is 0 Å². The van der Waals surface area contributed by atoms with E-state index in [0.717, 1.165) is 12.0 Å². The van der Waals surface area contributed by atoms with Crippen LogP contribution in [0.25, 0.3) is 0 Å². The molecule has 158 valence electrons. The Morgan fingerprint density at radius 2 is 1.90 bits per heavy atom. The van der Waals surface area contributed by atoms with Crippen molar-refractivity contribution in [3.63, 3.8) is 0 Å². The lowest BCUT2D eigenvalue weighted by atomic mass is 10.1. The van der Waals surface area contributed by atoms with Gasteiger partial charge in [-0.05, 0) is 43.4 Å². The van der Waals surface area contributed by atoms with E-state index in [-0.39, 0.29) is 5.56 Å². The molecule has 8 heteroatoms. The highest BCUT2D eigenvalue weighted by molar-refractivity contribution is 7.98. The summed E-state index contributed by atoms with van der Waals surface area (Å²) in [7, 11) is 0. The van der Waals surface area contributed by atoms with Crippen LogP contribution in [0.15, 0.2) is 33.3 Å². The highest BCUT2D eigenvalue weighted by Crippen LogP contribution is 2.25. The second-order valence-electron chi connectivity index (χ2n) is 6.79. The Balaban J connectivity index is 1.91. The summed E-state index contributed by atoms with van der Waals surface area (Å²) >= 11 is 7.65. The molecule has 0 aliphatic rings. The predicted molar refractivity (Wildman–Crippen MR) is 121 cm³/mol. The molecule has 0 bridgehead atoms. The van der Waals surface area contributed by atoms with Crippen LogP contribution >= 0.6 is 23.4 Å². The first-order chi connectivity index (χ1) is 14.1. The van der Waals surface area contributed by atoms with Gasteiger partial charge in [0, 0.05) is 0 Å². The van der Waals surface area contributed by atoms with Gasteiger partial charge in [-0.3, -0.25) is 4.79 Å². The summed E-state index contributed by atoms with van der Waals surface area (Å²) < 4.78 is 7.04. The largest absolute Gasteiger partial charge is 0.492 e. The number of halogens is 1. The first-order valence-electron chi connectivity index (χ1n) is 10.0. The van der Waals surface area contributed by atoms with Gasteiger partial charge in [-0.1, -0.05) is 68.8 Å². The molecule has 2 rings (SSSR count). The second-order valence-corrected chi connectivity index (χ2v) is 7.97. The van der Waals surface area contributed by atoms with E-state index in [1.165, 1.54) is 55.0 Å². The Hall–Kier alpha value is -1.86. The van der Waals surface area contributed by atoms with E-state index < -0.39 is 0 Å². The van der Waals surface area contributed by atoms with Gasteiger partial charge in [0.25, 0.3) is 5.56 Å². The van der Waals surface area contributed by atoms with Crippen molar-refractivity contribution in [2.45, 2.75) is 63.9 Å². The molecule has 0 saturated heterocycles. The van der Waals surface area contributed by atoms with Crippen molar-refractivity contribution in [2.24, 2.45) is 5.10 Å². The molecule has 0 aliphatic heterocycles. The Labute approximate surface area is 181 Å². The maximum Gasteiger partial charge on any atom is 0.296 e. The van der Waals surface area contributed by atoms with Crippen molar-refractivity contribution in [1.29, 1.82) is 0 Å². The van der Waals surface area contributed by atoms with Crippen LogP contribution < -0.4 is 10.3 Å². The van der Waals surface area contributed by atoms with Crippen LogP contribution in [0.5, 0.6) is 5.75 Å². The van der Waals surface area contributed by atoms with Crippen molar-refractivity contribution >= 4 is 29.6 Å². The Morgan fingerprint density at radius 1 is 1.17 bits per heavy atom. The topological polar surface area (TPSA) is 69.4 Å². The monoisotopic (exact) mass is 436 g/mol. The SMILES string of the molecule is CCCCCCCCCOc1ccc(/C=N\n2c(SC)nnc(C)c2=O)cc1Cl. The van der Waals surface area contributed by atoms with E-state index in [1.807, 2.05) is 18.4 Å².